The normalized spacial score (nSPS) is 7.92. The zero-order valence-corrected chi connectivity index (χ0v) is 7.43. The number of halogens is 1. The van der Waals surface area contributed by atoms with Crippen LogP contribution in [0.1, 0.15) is 25.1 Å². The first-order chi connectivity index (χ1) is 5.74. The van der Waals surface area contributed by atoms with E-state index in [0.717, 1.165) is 0 Å². The van der Waals surface area contributed by atoms with Crippen molar-refractivity contribution in [2.75, 3.05) is 0 Å². The third kappa shape index (κ3) is 2.67. The average Bonchev–Trinajstić information content (AvgIpc) is 2.08. The molecule has 64 valence electrons. The predicted molar refractivity (Wildman–Crippen MR) is 45.0 cm³/mol. The fourth-order valence-electron chi connectivity index (χ4n) is 0.609. The van der Waals surface area contributed by atoms with Crippen molar-refractivity contribution in [3.8, 4) is 6.07 Å². The van der Waals surface area contributed by atoms with Gasteiger partial charge in [0.15, 0.2) is 0 Å². The molecule has 1 rings (SSSR count). The van der Waals surface area contributed by atoms with Gasteiger partial charge in [-0.3, -0.25) is 4.98 Å². The summed E-state index contributed by atoms with van der Waals surface area (Å²) < 4.78 is 12.6. The maximum Gasteiger partial charge on any atom is 0.144 e. The van der Waals surface area contributed by atoms with Crippen LogP contribution in [0.5, 0.6) is 0 Å². The van der Waals surface area contributed by atoms with Gasteiger partial charge in [0.2, 0.25) is 0 Å². The lowest BCUT2D eigenvalue weighted by atomic mass is 10.2. The molecule has 0 amide bonds. The summed E-state index contributed by atoms with van der Waals surface area (Å²) in [6.07, 6.45) is 1.23. The van der Waals surface area contributed by atoms with Crippen LogP contribution in [-0.2, 0) is 0 Å². The Morgan fingerprint density at radius 2 is 2.08 bits per heavy atom. The molecule has 0 aliphatic carbocycles. The van der Waals surface area contributed by atoms with E-state index in [1.165, 1.54) is 12.3 Å². The van der Waals surface area contributed by atoms with Crippen LogP contribution in [0, 0.1) is 24.1 Å². The van der Waals surface area contributed by atoms with E-state index in [2.05, 4.69) is 4.98 Å². The van der Waals surface area contributed by atoms with E-state index in [4.69, 9.17) is 5.26 Å². The highest BCUT2D eigenvalue weighted by atomic mass is 19.1. The highest BCUT2D eigenvalue weighted by Crippen LogP contribution is 2.04. The van der Waals surface area contributed by atoms with E-state index >= 15 is 0 Å². The van der Waals surface area contributed by atoms with Crippen molar-refractivity contribution in [1.29, 1.82) is 5.26 Å². The monoisotopic (exact) mass is 166 g/mol. The smallest absolute Gasteiger partial charge is 0.144 e. The van der Waals surface area contributed by atoms with E-state index in [-0.39, 0.29) is 5.56 Å². The van der Waals surface area contributed by atoms with Crippen LogP contribution in [0.4, 0.5) is 4.39 Å². The molecule has 12 heavy (non-hydrogen) atoms. The molecule has 0 fully saturated rings. The van der Waals surface area contributed by atoms with Gasteiger partial charge in [-0.2, -0.15) is 5.26 Å². The van der Waals surface area contributed by atoms with Crippen LogP contribution >= 0.6 is 0 Å². The van der Waals surface area contributed by atoms with Crippen molar-refractivity contribution < 1.29 is 4.39 Å². The number of hydrogen-bond donors (Lipinski definition) is 0. The van der Waals surface area contributed by atoms with Crippen molar-refractivity contribution >= 4 is 0 Å². The minimum Gasteiger partial charge on any atom is -0.260 e. The summed E-state index contributed by atoms with van der Waals surface area (Å²) in [5, 5.41) is 8.28. The van der Waals surface area contributed by atoms with Crippen LogP contribution in [0.15, 0.2) is 12.3 Å². The fourth-order valence-corrected chi connectivity index (χ4v) is 0.609. The molecule has 0 aliphatic heterocycles. The molecule has 0 aromatic carbocycles. The Bertz CT molecular complexity index is 289. The number of rotatable bonds is 0. The van der Waals surface area contributed by atoms with Crippen LogP contribution in [0.25, 0.3) is 0 Å². The molecule has 0 bridgehead atoms. The molecule has 0 aliphatic rings. The maximum absolute atomic E-state index is 12.6. The number of pyridine rings is 1. The second-order valence-corrected chi connectivity index (χ2v) is 1.92. The Morgan fingerprint density at radius 3 is 2.50 bits per heavy atom. The summed E-state index contributed by atoms with van der Waals surface area (Å²) in [6.45, 7) is 5.67. The molecule has 0 N–H and O–H groups in total. The first-order valence-corrected chi connectivity index (χ1v) is 3.76. The topological polar surface area (TPSA) is 36.7 Å². The lowest BCUT2D eigenvalue weighted by Gasteiger charge is -1.92. The first kappa shape index (κ1) is 10.6. The van der Waals surface area contributed by atoms with E-state index in [1.807, 2.05) is 13.8 Å². The molecule has 1 heterocycles. The SMILES string of the molecule is CC.Cc1cc(F)c(C#N)cn1. The zero-order chi connectivity index (χ0) is 9.56. The molecule has 1 aromatic heterocycles. The van der Waals surface area contributed by atoms with Crippen LogP contribution < -0.4 is 0 Å². The number of hydrogen-bond acceptors (Lipinski definition) is 2. The maximum atomic E-state index is 12.6. The quantitative estimate of drug-likeness (QED) is 0.593. The van der Waals surface area contributed by atoms with Crippen LogP contribution in [0.2, 0.25) is 0 Å². The Balaban J connectivity index is 0.000000561. The molecule has 1 aromatic rings. The number of nitrogens with zero attached hydrogens (tertiary/aromatic N) is 2. The molecule has 0 saturated carbocycles. The van der Waals surface area contributed by atoms with E-state index in [1.54, 1.807) is 13.0 Å². The molecule has 0 spiro atoms. The molecule has 0 radical (unpaired) electrons. The lowest BCUT2D eigenvalue weighted by molar-refractivity contribution is 0.619. The second kappa shape index (κ2) is 5.25. The van der Waals surface area contributed by atoms with Gasteiger partial charge in [-0.1, -0.05) is 13.8 Å². The summed E-state index contributed by atoms with van der Waals surface area (Å²) in [5.74, 6) is -0.505. The van der Waals surface area contributed by atoms with Crippen molar-refractivity contribution in [3.63, 3.8) is 0 Å². The van der Waals surface area contributed by atoms with Crippen LogP contribution in [0.3, 0.4) is 0 Å². The van der Waals surface area contributed by atoms with E-state index in [9.17, 15) is 4.39 Å². The Labute approximate surface area is 71.7 Å². The predicted octanol–water partition coefficient (Wildman–Crippen LogP) is 2.43. The van der Waals surface area contributed by atoms with Gasteiger partial charge in [-0.05, 0) is 13.0 Å². The molecular formula is C9H11FN2. The molecule has 0 saturated heterocycles. The van der Waals surface area contributed by atoms with E-state index in [0.29, 0.717) is 5.69 Å². The van der Waals surface area contributed by atoms with Gasteiger partial charge in [-0.15, -0.1) is 0 Å². The molecular weight excluding hydrogens is 155 g/mol. The lowest BCUT2D eigenvalue weighted by Crippen LogP contribution is -1.87. The van der Waals surface area contributed by atoms with Gasteiger partial charge >= 0.3 is 0 Å². The third-order valence-corrected chi connectivity index (χ3v) is 1.11. The summed E-state index contributed by atoms with van der Waals surface area (Å²) in [4.78, 5) is 3.75. The largest absolute Gasteiger partial charge is 0.260 e. The van der Waals surface area contributed by atoms with Crippen molar-refractivity contribution in [2.45, 2.75) is 20.8 Å². The van der Waals surface area contributed by atoms with Gasteiger partial charge in [0.1, 0.15) is 17.4 Å². The summed E-state index contributed by atoms with van der Waals surface area (Å²) in [7, 11) is 0. The molecule has 0 unspecified atom stereocenters. The van der Waals surface area contributed by atoms with Crippen LogP contribution in [-0.4, -0.2) is 4.98 Å². The average molecular weight is 166 g/mol. The Hall–Kier alpha value is -1.43. The Morgan fingerprint density at radius 1 is 1.50 bits per heavy atom. The van der Waals surface area contributed by atoms with Gasteiger partial charge in [-0.25, -0.2) is 4.39 Å². The highest BCUT2D eigenvalue weighted by Gasteiger charge is 1.99. The van der Waals surface area contributed by atoms with Crippen molar-refractivity contribution in [3.05, 3.63) is 29.3 Å². The fraction of sp³-hybridized carbons (Fsp3) is 0.333. The van der Waals surface area contributed by atoms with E-state index < -0.39 is 5.82 Å². The first-order valence-electron chi connectivity index (χ1n) is 3.76. The number of nitriles is 1. The standard InChI is InChI=1S/C7H5FN2.C2H6/c1-5-2-7(8)6(3-9)4-10-5;1-2/h2,4H,1H3;1-2H3. The summed E-state index contributed by atoms with van der Waals surface area (Å²) in [5.41, 5.74) is 0.571. The molecule has 2 nitrogen and oxygen atoms in total. The second-order valence-electron chi connectivity index (χ2n) is 1.92. The third-order valence-electron chi connectivity index (χ3n) is 1.11. The summed E-state index contributed by atoms with van der Waals surface area (Å²) >= 11 is 0. The Kier molecular flexibility index (Phi) is 4.62. The molecule has 3 heteroatoms. The minimum absolute atomic E-state index is 0.00870. The summed E-state index contributed by atoms with van der Waals surface area (Å²) in [6, 6.07) is 2.92. The minimum atomic E-state index is -0.505. The zero-order valence-electron chi connectivity index (χ0n) is 7.43. The van der Waals surface area contributed by atoms with Gasteiger partial charge in [0.05, 0.1) is 0 Å². The molecule has 0 atom stereocenters. The van der Waals surface area contributed by atoms with Crippen molar-refractivity contribution in [2.24, 2.45) is 0 Å². The van der Waals surface area contributed by atoms with Crippen molar-refractivity contribution in [1.82, 2.24) is 4.98 Å². The highest BCUT2D eigenvalue weighted by molar-refractivity contribution is 5.27. The number of aromatic nitrogens is 1. The van der Waals surface area contributed by atoms with Gasteiger partial charge in [0, 0.05) is 11.9 Å². The van der Waals surface area contributed by atoms with Gasteiger partial charge in [0.25, 0.3) is 0 Å². The number of aryl methyl sites for hydroxylation is 1. The van der Waals surface area contributed by atoms with Gasteiger partial charge < -0.3 is 0 Å².